The first-order chi connectivity index (χ1) is 16.5. The van der Waals surface area contributed by atoms with E-state index in [2.05, 4.69) is 13.8 Å². The molecular weight excluding hydrogens is 456 g/mol. The van der Waals surface area contributed by atoms with Crippen LogP contribution in [0.4, 0.5) is 0 Å². The van der Waals surface area contributed by atoms with Crippen LogP contribution in [0.25, 0.3) is 0 Å². The summed E-state index contributed by atoms with van der Waals surface area (Å²) in [5.41, 5.74) is 2.37. The quantitative estimate of drug-likeness (QED) is 0.421. The molecule has 0 radical (unpaired) electrons. The average Bonchev–Trinajstić information content (AvgIpc) is 3.11. The Morgan fingerprint density at radius 3 is 2.54 bits per heavy atom. The van der Waals surface area contributed by atoms with E-state index in [0.717, 1.165) is 36.8 Å². The van der Waals surface area contributed by atoms with Gasteiger partial charge in [-0.2, -0.15) is 0 Å². The number of hydrogen-bond donors (Lipinski definition) is 4. The SMILES string of the molecule is CC1=C2C(=O)C3=C(C[C@H]2OC1=O)[C@]1(C)CCC[C@@](C)(CO[C@@H]2O[C@H](CO)[C@@H](O)[C@H](O)[C@H]2O)[C@H]1CC3. The summed E-state index contributed by atoms with van der Waals surface area (Å²) in [6, 6.07) is 0. The third-order valence-electron chi connectivity index (χ3n) is 9.41. The molecule has 4 N–H and O–H groups in total. The summed E-state index contributed by atoms with van der Waals surface area (Å²) in [4.78, 5) is 25.5. The van der Waals surface area contributed by atoms with Crippen LogP contribution in [-0.2, 0) is 23.8 Å². The maximum absolute atomic E-state index is 13.4. The molecular formula is C26H36O9. The zero-order valence-corrected chi connectivity index (χ0v) is 20.5. The summed E-state index contributed by atoms with van der Waals surface area (Å²) in [6.07, 6.45) is -2.28. The van der Waals surface area contributed by atoms with Crippen LogP contribution in [0.2, 0.25) is 0 Å². The molecule has 2 aliphatic heterocycles. The topological polar surface area (TPSA) is 143 Å². The van der Waals surface area contributed by atoms with Gasteiger partial charge in [-0.15, -0.1) is 0 Å². The normalized spacial score (nSPS) is 45.7. The number of ether oxygens (including phenoxy) is 3. The number of allylic oxidation sites excluding steroid dienone is 1. The molecule has 3 aliphatic carbocycles. The molecule has 0 aromatic carbocycles. The van der Waals surface area contributed by atoms with Gasteiger partial charge in [0.15, 0.2) is 12.1 Å². The van der Waals surface area contributed by atoms with Crippen molar-refractivity contribution in [3.8, 4) is 0 Å². The Kier molecular flexibility index (Phi) is 6.26. The summed E-state index contributed by atoms with van der Waals surface area (Å²) < 4.78 is 17.1. The molecule has 0 amide bonds. The van der Waals surface area contributed by atoms with Crippen molar-refractivity contribution in [3.63, 3.8) is 0 Å². The monoisotopic (exact) mass is 492 g/mol. The molecule has 0 aromatic heterocycles. The Balaban J connectivity index is 1.38. The summed E-state index contributed by atoms with van der Waals surface area (Å²) in [5.74, 6) is -0.241. The van der Waals surface area contributed by atoms with Gasteiger partial charge in [0, 0.05) is 12.0 Å². The highest BCUT2D eigenvalue weighted by Gasteiger charge is 2.56. The van der Waals surface area contributed by atoms with Crippen molar-refractivity contribution < 1.29 is 44.2 Å². The fourth-order valence-electron chi connectivity index (χ4n) is 7.48. The van der Waals surface area contributed by atoms with Crippen LogP contribution in [0.15, 0.2) is 22.3 Å². The number of aliphatic hydroxyl groups excluding tert-OH is 4. The molecule has 5 aliphatic rings. The van der Waals surface area contributed by atoms with Crippen LogP contribution in [0, 0.1) is 16.7 Å². The molecule has 5 rings (SSSR count). The minimum atomic E-state index is -1.48. The second-order valence-electron chi connectivity index (χ2n) is 11.4. The molecule has 1 saturated heterocycles. The van der Waals surface area contributed by atoms with E-state index in [9.17, 15) is 30.0 Å². The van der Waals surface area contributed by atoms with Gasteiger partial charge in [0.05, 0.1) is 18.8 Å². The Labute approximate surface area is 204 Å². The van der Waals surface area contributed by atoms with Gasteiger partial charge in [0.2, 0.25) is 0 Å². The smallest absolute Gasteiger partial charge is 0.334 e. The molecule has 9 atom stereocenters. The largest absolute Gasteiger partial charge is 0.454 e. The average molecular weight is 493 g/mol. The lowest BCUT2D eigenvalue weighted by Gasteiger charge is -2.57. The number of carbonyl (C=O) groups is 2. The molecule has 194 valence electrons. The van der Waals surface area contributed by atoms with E-state index in [1.54, 1.807) is 6.92 Å². The van der Waals surface area contributed by atoms with Gasteiger partial charge in [-0.25, -0.2) is 4.79 Å². The van der Waals surface area contributed by atoms with Crippen LogP contribution in [-0.4, -0.2) is 82.2 Å². The second kappa shape index (κ2) is 8.75. The zero-order chi connectivity index (χ0) is 25.3. The minimum absolute atomic E-state index is 0.0379. The zero-order valence-electron chi connectivity index (χ0n) is 20.5. The summed E-state index contributed by atoms with van der Waals surface area (Å²) >= 11 is 0. The van der Waals surface area contributed by atoms with Gasteiger partial charge in [-0.3, -0.25) is 4.79 Å². The number of ketones is 1. The maximum atomic E-state index is 13.4. The van der Waals surface area contributed by atoms with Crippen molar-refractivity contribution in [2.75, 3.05) is 13.2 Å². The van der Waals surface area contributed by atoms with E-state index >= 15 is 0 Å². The van der Waals surface area contributed by atoms with E-state index in [-0.39, 0.29) is 29.1 Å². The van der Waals surface area contributed by atoms with Gasteiger partial charge in [0.1, 0.15) is 30.5 Å². The number of fused-ring (bicyclic) bond motifs is 3. The van der Waals surface area contributed by atoms with Crippen LogP contribution in [0.5, 0.6) is 0 Å². The fraction of sp³-hybridized carbons (Fsp3) is 0.769. The second-order valence-corrected chi connectivity index (χ2v) is 11.4. The number of Topliss-reactive ketones (excluding diaryl/α,β-unsaturated/α-hetero) is 1. The lowest BCUT2D eigenvalue weighted by molar-refractivity contribution is -0.308. The summed E-state index contributed by atoms with van der Waals surface area (Å²) in [6.45, 7) is 5.79. The molecule has 2 fully saturated rings. The molecule has 2 heterocycles. The van der Waals surface area contributed by atoms with Crippen molar-refractivity contribution in [1.29, 1.82) is 0 Å². The molecule has 0 bridgehead atoms. The molecule has 35 heavy (non-hydrogen) atoms. The van der Waals surface area contributed by atoms with Crippen LogP contribution >= 0.6 is 0 Å². The molecule has 9 nitrogen and oxygen atoms in total. The van der Waals surface area contributed by atoms with E-state index < -0.39 is 49.4 Å². The highest BCUT2D eigenvalue weighted by atomic mass is 16.7. The summed E-state index contributed by atoms with van der Waals surface area (Å²) in [5, 5.41) is 40.0. The lowest BCUT2D eigenvalue weighted by Crippen LogP contribution is -2.60. The van der Waals surface area contributed by atoms with Crippen LogP contribution in [0.3, 0.4) is 0 Å². The third-order valence-corrected chi connectivity index (χ3v) is 9.41. The third kappa shape index (κ3) is 3.74. The highest BCUT2D eigenvalue weighted by molar-refractivity contribution is 6.16. The Bertz CT molecular complexity index is 983. The van der Waals surface area contributed by atoms with Crippen LogP contribution < -0.4 is 0 Å². The van der Waals surface area contributed by atoms with Crippen molar-refractivity contribution in [3.05, 3.63) is 22.3 Å². The molecule has 0 spiro atoms. The first-order valence-electron chi connectivity index (χ1n) is 12.6. The predicted molar refractivity (Wildman–Crippen MR) is 122 cm³/mol. The molecule has 1 saturated carbocycles. The van der Waals surface area contributed by atoms with E-state index in [4.69, 9.17) is 14.2 Å². The van der Waals surface area contributed by atoms with Gasteiger partial charge < -0.3 is 34.6 Å². The fourth-order valence-corrected chi connectivity index (χ4v) is 7.48. The lowest BCUT2D eigenvalue weighted by atomic mass is 9.48. The van der Waals surface area contributed by atoms with E-state index in [1.165, 1.54) is 0 Å². The van der Waals surface area contributed by atoms with Gasteiger partial charge >= 0.3 is 5.97 Å². The Morgan fingerprint density at radius 2 is 1.83 bits per heavy atom. The number of esters is 1. The van der Waals surface area contributed by atoms with E-state index in [1.807, 2.05) is 0 Å². The van der Waals surface area contributed by atoms with Crippen molar-refractivity contribution in [2.45, 2.75) is 96.1 Å². The van der Waals surface area contributed by atoms with Gasteiger partial charge in [0.25, 0.3) is 0 Å². The first kappa shape index (κ1) is 25.0. The van der Waals surface area contributed by atoms with Gasteiger partial charge in [-0.05, 0) is 54.9 Å². The van der Waals surface area contributed by atoms with Gasteiger partial charge in [-0.1, -0.05) is 25.8 Å². The number of carbonyl (C=O) groups excluding carboxylic acids is 2. The molecule has 0 aromatic rings. The molecule has 0 unspecified atom stereocenters. The number of hydrogen-bond acceptors (Lipinski definition) is 9. The first-order valence-corrected chi connectivity index (χ1v) is 12.6. The maximum Gasteiger partial charge on any atom is 0.334 e. The molecule has 9 heteroatoms. The predicted octanol–water partition coefficient (Wildman–Crippen LogP) is 0.921. The van der Waals surface area contributed by atoms with Crippen molar-refractivity contribution in [2.24, 2.45) is 16.7 Å². The van der Waals surface area contributed by atoms with E-state index in [0.29, 0.717) is 24.0 Å². The number of rotatable bonds is 4. The Morgan fingerprint density at radius 1 is 1.09 bits per heavy atom. The number of aliphatic hydroxyl groups is 4. The summed E-state index contributed by atoms with van der Waals surface area (Å²) in [7, 11) is 0. The Hall–Kier alpha value is -1.62. The minimum Gasteiger partial charge on any atom is -0.454 e. The standard InChI is InChI=1S/C26H36O9/c1-12-18-15(34-23(12)32)9-14-13(19(18)28)5-6-17-25(2,7-4-8-26(14,17)3)11-33-24-22(31)21(30)20(29)16(10-27)35-24/h15-17,20-22,24,27,29-31H,4-11H2,1-3H3/t15-,16-,17-,20-,21+,22-,24-,25+,26+/m1/s1. The van der Waals surface area contributed by atoms with Crippen LogP contribution in [0.1, 0.15) is 59.3 Å². The van der Waals surface area contributed by atoms with Crippen molar-refractivity contribution in [1.82, 2.24) is 0 Å². The van der Waals surface area contributed by atoms with Crippen molar-refractivity contribution >= 4 is 11.8 Å². The highest BCUT2D eigenvalue weighted by Crippen LogP contribution is 2.62.